The summed E-state index contributed by atoms with van der Waals surface area (Å²) < 4.78 is 5.38. The van der Waals surface area contributed by atoms with E-state index in [0.29, 0.717) is 16.5 Å². The maximum atomic E-state index is 11.2. The number of hydrogen-bond donors (Lipinski definition) is 1. The van der Waals surface area contributed by atoms with Gasteiger partial charge in [0.2, 0.25) is 0 Å². The number of carbonyl (C=O) groups excluding carboxylic acids is 1. The maximum absolute atomic E-state index is 11.2. The number of benzene rings is 2. The van der Waals surface area contributed by atoms with Gasteiger partial charge in [-0.3, -0.25) is 4.79 Å². The third-order valence-corrected chi connectivity index (χ3v) is 3.01. The van der Waals surface area contributed by atoms with Crippen LogP contribution in [0.2, 0.25) is 5.02 Å². The standard InChI is InChI=1S/C14H10ClNO2/c15-11-3-1-2-9(6-11)10-4-5-12-13(7-10)18-8-14(17)16-12/h1-7H,8H2,(H,16,17). The minimum atomic E-state index is -0.127. The Morgan fingerprint density at radius 2 is 1.94 bits per heavy atom. The highest BCUT2D eigenvalue weighted by atomic mass is 35.5. The van der Waals surface area contributed by atoms with Crippen molar-refractivity contribution in [2.75, 3.05) is 11.9 Å². The van der Waals surface area contributed by atoms with E-state index in [9.17, 15) is 4.79 Å². The Hall–Kier alpha value is -2.00. The lowest BCUT2D eigenvalue weighted by atomic mass is 10.0. The summed E-state index contributed by atoms with van der Waals surface area (Å²) in [5.41, 5.74) is 2.73. The number of nitrogens with one attached hydrogen (secondary N) is 1. The van der Waals surface area contributed by atoms with Gasteiger partial charge in [-0.05, 0) is 35.4 Å². The van der Waals surface area contributed by atoms with Gasteiger partial charge >= 0.3 is 0 Å². The Kier molecular flexibility index (Phi) is 2.68. The van der Waals surface area contributed by atoms with Gasteiger partial charge in [0.05, 0.1) is 5.69 Å². The van der Waals surface area contributed by atoms with Crippen molar-refractivity contribution >= 4 is 23.2 Å². The summed E-state index contributed by atoms with van der Waals surface area (Å²) in [4.78, 5) is 11.2. The predicted octanol–water partition coefficient (Wildman–Crippen LogP) is 3.34. The monoisotopic (exact) mass is 259 g/mol. The van der Waals surface area contributed by atoms with Crippen LogP contribution in [0.15, 0.2) is 42.5 Å². The second-order valence-electron chi connectivity index (χ2n) is 4.06. The number of carbonyl (C=O) groups is 1. The summed E-state index contributed by atoms with van der Waals surface area (Å²) in [6.45, 7) is 0.0615. The lowest BCUT2D eigenvalue weighted by Crippen LogP contribution is -2.25. The number of hydrogen-bond acceptors (Lipinski definition) is 2. The van der Waals surface area contributed by atoms with E-state index < -0.39 is 0 Å². The van der Waals surface area contributed by atoms with Crippen LogP contribution < -0.4 is 10.1 Å². The van der Waals surface area contributed by atoms with Crippen molar-refractivity contribution in [1.82, 2.24) is 0 Å². The maximum Gasteiger partial charge on any atom is 0.262 e. The van der Waals surface area contributed by atoms with Crippen LogP contribution in [0, 0.1) is 0 Å². The molecule has 3 nitrogen and oxygen atoms in total. The first-order chi connectivity index (χ1) is 8.72. The fourth-order valence-corrected chi connectivity index (χ4v) is 2.11. The van der Waals surface area contributed by atoms with E-state index in [4.69, 9.17) is 16.3 Å². The van der Waals surface area contributed by atoms with Crippen molar-refractivity contribution in [2.45, 2.75) is 0 Å². The van der Waals surface area contributed by atoms with Crippen LogP contribution in [0.1, 0.15) is 0 Å². The molecule has 0 unspecified atom stereocenters. The minimum Gasteiger partial charge on any atom is -0.482 e. The van der Waals surface area contributed by atoms with Gasteiger partial charge in [-0.1, -0.05) is 29.8 Å². The normalized spacial score (nSPS) is 13.5. The quantitative estimate of drug-likeness (QED) is 0.853. The molecule has 1 N–H and O–H groups in total. The molecule has 0 bridgehead atoms. The topological polar surface area (TPSA) is 38.3 Å². The average molecular weight is 260 g/mol. The van der Waals surface area contributed by atoms with Crippen molar-refractivity contribution in [3.63, 3.8) is 0 Å². The van der Waals surface area contributed by atoms with Gasteiger partial charge in [-0.2, -0.15) is 0 Å². The van der Waals surface area contributed by atoms with Crippen molar-refractivity contribution in [3.05, 3.63) is 47.5 Å². The molecule has 3 rings (SSSR count). The van der Waals surface area contributed by atoms with E-state index >= 15 is 0 Å². The molecule has 1 heterocycles. The fraction of sp³-hybridized carbons (Fsp3) is 0.0714. The lowest BCUT2D eigenvalue weighted by Gasteiger charge is -2.18. The van der Waals surface area contributed by atoms with E-state index in [1.807, 2.05) is 42.5 Å². The summed E-state index contributed by atoms with van der Waals surface area (Å²) in [5.74, 6) is 0.560. The Balaban J connectivity index is 2.02. The molecule has 1 aliphatic rings. The highest BCUT2D eigenvalue weighted by Crippen LogP contribution is 2.33. The molecule has 0 saturated carbocycles. The molecule has 1 amide bonds. The summed E-state index contributed by atoms with van der Waals surface area (Å²) in [6, 6.07) is 13.3. The van der Waals surface area contributed by atoms with Crippen molar-refractivity contribution < 1.29 is 9.53 Å². The molecule has 0 radical (unpaired) electrons. The highest BCUT2D eigenvalue weighted by molar-refractivity contribution is 6.30. The van der Waals surface area contributed by atoms with Crippen LogP contribution in [-0.4, -0.2) is 12.5 Å². The smallest absolute Gasteiger partial charge is 0.262 e. The summed E-state index contributed by atoms with van der Waals surface area (Å²) >= 11 is 5.97. The van der Waals surface area contributed by atoms with E-state index in [0.717, 1.165) is 11.1 Å². The molecule has 0 aliphatic carbocycles. The summed E-state index contributed by atoms with van der Waals surface area (Å²) in [7, 11) is 0. The van der Waals surface area contributed by atoms with E-state index in [1.54, 1.807) is 0 Å². The number of anilines is 1. The zero-order valence-corrected chi connectivity index (χ0v) is 10.2. The molecule has 18 heavy (non-hydrogen) atoms. The number of fused-ring (bicyclic) bond motifs is 1. The molecule has 0 spiro atoms. The van der Waals surface area contributed by atoms with E-state index in [1.165, 1.54) is 0 Å². The first-order valence-corrected chi connectivity index (χ1v) is 5.93. The minimum absolute atomic E-state index is 0.0615. The van der Waals surface area contributed by atoms with Crippen molar-refractivity contribution in [2.24, 2.45) is 0 Å². The number of ether oxygens (including phenoxy) is 1. The third-order valence-electron chi connectivity index (χ3n) is 2.77. The molecule has 1 aliphatic heterocycles. The molecular weight excluding hydrogens is 250 g/mol. The first-order valence-electron chi connectivity index (χ1n) is 5.55. The van der Waals surface area contributed by atoms with Gasteiger partial charge in [0.1, 0.15) is 5.75 Å². The molecule has 0 fully saturated rings. The molecule has 90 valence electrons. The van der Waals surface area contributed by atoms with Crippen molar-refractivity contribution in [1.29, 1.82) is 0 Å². The average Bonchev–Trinajstić information content (AvgIpc) is 2.38. The second-order valence-corrected chi connectivity index (χ2v) is 4.49. The molecule has 0 saturated heterocycles. The van der Waals surface area contributed by atoms with Crippen LogP contribution in [0.4, 0.5) is 5.69 Å². The molecule has 0 atom stereocenters. The summed E-state index contributed by atoms with van der Waals surface area (Å²) in [6.07, 6.45) is 0. The predicted molar refractivity (Wildman–Crippen MR) is 71.0 cm³/mol. The lowest BCUT2D eigenvalue weighted by molar-refractivity contribution is -0.118. The second kappa shape index (κ2) is 4.35. The van der Waals surface area contributed by atoms with Gasteiger partial charge in [0, 0.05) is 5.02 Å². The molecule has 2 aromatic rings. The van der Waals surface area contributed by atoms with Gasteiger partial charge in [0.25, 0.3) is 5.91 Å². The largest absolute Gasteiger partial charge is 0.482 e. The molecule has 2 aromatic carbocycles. The fourth-order valence-electron chi connectivity index (χ4n) is 1.92. The van der Waals surface area contributed by atoms with Crippen LogP contribution in [0.3, 0.4) is 0 Å². The van der Waals surface area contributed by atoms with Crippen LogP contribution in [-0.2, 0) is 4.79 Å². The number of rotatable bonds is 1. The van der Waals surface area contributed by atoms with Crippen molar-refractivity contribution in [3.8, 4) is 16.9 Å². The van der Waals surface area contributed by atoms with Crippen LogP contribution in [0.5, 0.6) is 5.75 Å². The third kappa shape index (κ3) is 2.05. The van der Waals surface area contributed by atoms with Crippen LogP contribution >= 0.6 is 11.6 Å². The van der Waals surface area contributed by atoms with Gasteiger partial charge in [-0.25, -0.2) is 0 Å². The van der Waals surface area contributed by atoms with E-state index in [-0.39, 0.29) is 12.5 Å². The SMILES string of the molecule is O=C1COc2cc(-c3cccc(Cl)c3)ccc2N1. The van der Waals surface area contributed by atoms with E-state index in [2.05, 4.69) is 5.32 Å². The van der Waals surface area contributed by atoms with Gasteiger partial charge in [0.15, 0.2) is 6.61 Å². The zero-order chi connectivity index (χ0) is 12.5. The Morgan fingerprint density at radius 1 is 1.11 bits per heavy atom. The van der Waals surface area contributed by atoms with Gasteiger partial charge < -0.3 is 10.1 Å². The van der Waals surface area contributed by atoms with Crippen LogP contribution in [0.25, 0.3) is 11.1 Å². The number of halogens is 1. The first kappa shape index (κ1) is 11.1. The molecular formula is C14H10ClNO2. The van der Waals surface area contributed by atoms with Gasteiger partial charge in [-0.15, -0.1) is 0 Å². The Labute approximate surface area is 109 Å². The zero-order valence-electron chi connectivity index (χ0n) is 9.44. The molecule has 0 aromatic heterocycles. The Morgan fingerprint density at radius 3 is 2.78 bits per heavy atom. The number of amides is 1. The Bertz CT molecular complexity index is 625. The summed E-state index contributed by atoms with van der Waals surface area (Å²) in [5, 5.41) is 3.45. The highest BCUT2D eigenvalue weighted by Gasteiger charge is 2.16. The molecule has 4 heteroatoms.